The Hall–Kier alpha value is -2.81. The normalized spacial score (nSPS) is 19.8. The second kappa shape index (κ2) is 13.5. The Morgan fingerprint density at radius 1 is 0.694 bits per heavy atom. The van der Waals surface area contributed by atoms with Gasteiger partial charge in [0.2, 0.25) is 0 Å². The molecule has 2 aromatic carbocycles. The summed E-state index contributed by atoms with van der Waals surface area (Å²) in [6.07, 6.45) is 14.8. The maximum Gasteiger partial charge on any atom is 0.508 e. The highest BCUT2D eigenvalue weighted by Crippen LogP contribution is 2.33. The first-order valence-electron chi connectivity index (χ1n) is 14.0. The molecule has 2 unspecified atom stereocenters. The highest BCUT2D eigenvalue weighted by molar-refractivity contribution is 5.60. The lowest BCUT2D eigenvalue weighted by Crippen LogP contribution is -2.15. The van der Waals surface area contributed by atoms with Gasteiger partial charge in [0, 0.05) is 0 Å². The zero-order chi connectivity index (χ0) is 25.2. The molecule has 4 rings (SSSR count). The van der Waals surface area contributed by atoms with E-state index < -0.39 is 6.16 Å². The SMILES string of the molecule is CCCc1ccc(C2CC=C(COC(=O)OCC3=CCC(c4ccc(CCC)cc4)CC3)CC2)cc1. The molecule has 192 valence electrons. The third-order valence-electron chi connectivity index (χ3n) is 7.74. The Bertz CT molecular complexity index is 946. The van der Waals surface area contributed by atoms with Crippen LogP contribution in [-0.4, -0.2) is 19.4 Å². The van der Waals surface area contributed by atoms with Gasteiger partial charge in [-0.15, -0.1) is 0 Å². The Morgan fingerprint density at radius 3 is 1.44 bits per heavy atom. The van der Waals surface area contributed by atoms with E-state index in [9.17, 15) is 4.79 Å². The first-order valence-corrected chi connectivity index (χ1v) is 14.0. The molecule has 2 aliphatic rings. The fourth-order valence-corrected chi connectivity index (χ4v) is 5.48. The summed E-state index contributed by atoms with van der Waals surface area (Å²) in [4.78, 5) is 12.2. The summed E-state index contributed by atoms with van der Waals surface area (Å²) in [6.45, 7) is 5.12. The lowest BCUT2D eigenvalue weighted by atomic mass is 9.84. The number of aryl methyl sites for hydroxylation is 2. The summed E-state index contributed by atoms with van der Waals surface area (Å²) in [5, 5.41) is 0. The maximum absolute atomic E-state index is 12.2. The van der Waals surface area contributed by atoms with Gasteiger partial charge in [-0.05, 0) is 96.6 Å². The number of rotatable bonds is 10. The predicted octanol–water partition coefficient (Wildman–Crippen LogP) is 8.83. The average molecular weight is 487 g/mol. The van der Waals surface area contributed by atoms with Gasteiger partial charge in [-0.1, -0.05) is 87.4 Å². The average Bonchev–Trinajstić information content (AvgIpc) is 2.93. The van der Waals surface area contributed by atoms with Crippen LogP contribution in [0.15, 0.2) is 71.8 Å². The van der Waals surface area contributed by atoms with Crippen LogP contribution in [0.1, 0.15) is 99.3 Å². The molecule has 0 aromatic heterocycles. The van der Waals surface area contributed by atoms with Gasteiger partial charge in [-0.25, -0.2) is 4.79 Å². The van der Waals surface area contributed by atoms with Gasteiger partial charge in [-0.2, -0.15) is 0 Å². The molecule has 2 atom stereocenters. The minimum atomic E-state index is -0.556. The molecule has 2 aromatic rings. The number of carbonyl (C=O) groups excluding carboxylic acids is 1. The van der Waals surface area contributed by atoms with Crippen LogP contribution in [0.2, 0.25) is 0 Å². The topological polar surface area (TPSA) is 35.5 Å². The summed E-state index contributed by atoms with van der Waals surface area (Å²) < 4.78 is 10.8. The van der Waals surface area contributed by atoms with Crippen LogP contribution in [0, 0.1) is 0 Å². The number of hydrogen-bond acceptors (Lipinski definition) is 3. The van der Waals surface area contributed by atoms with E-state index in [0.717, 1.165) is 51.4 Å². The molecule has 0 saturated carbocycles. The molecule has 0 amide bonds. The highest BCUT2D eigenvalue weighted by atomic mass is 16.7. The van der Waals surface area contributed by atoms with Crippen molar-refractivity contribution in [3.63, 3.8) is 0 Å². The molecule has 0 aliphatic heterocycles. The fraction of sp³-hybridized carbons (Fsp3) is 0.485. The highest BCUT2D eigenvalue weighted by Gasteiger charge is 2.19. The standard InChI is InChI=1S/C33H42O3/c1-3-5-25-7-15-29(16-8-25)31-19-11-27(12-20-31)23-35-33(34)36-24-28-13-21-32(22-14-28)30-17-9-26(6-4-2)10-18-30/h7-11,13,15-18,31-32H,3-6,12,14,19-24H2,1-2H3. The Morgan fingerprint density at radius 2 is 1.11 bits per heavy atom. The van der Waals surface area contributed by atoms with Gasteiger partial charge in [0.1, 0.15) is 13.2 Å². The van der Waals surface area contributed by atoms with Gasteiger partial charge in [0.15, 0.2) is 0 Å². The third kappa shape index (κ3) is 7.59. The van der Waals surface area contributed by atoms with E-state index in [1.807, 2.05) is 0 Å². The molecule has 0 fully saturated rings. The van der Waals surface area contributed by atoms with E-state index in [1.54, 1.807) is 0 Å². The van der Waals surface area contributed by atoms with E-state index in [1.165, 1.54) is 46.2 Å². The molecule has 0 N–H and O–H groups in total. The van der Waals surface area contributed by atoms with Crippen LogP contribution in [0.4, 0.5) is 4.79 Å². The zero-order valence-electron chi connectivity index (χ0n) is 22.1. The fourth-order valence-electron chi connectivity index (χ4n) is 5.48. The van der Waals surface area contributed by atoms with Gasteiger partial charge >= 0.3 is 6.16 Å². The van der Waals surface area contributed by atoms with Crippen molar-refractivity contribution in [3.05, 3.63) is 94.1 Å². The number of hydrogen-bond donors (Lipinski definition) is 0. The minimum absolute atomic E-state index is 0.343. The van der Waals surface area contributed by atoms with E-state index in [2.05, 4.69) is 74.5 Å². The molecule has 0 saturated heterocycles. The molecule has 0 radical (unpaired) electrons. The Labute approximate surface area is 217 Å². The summed E-state index contributed by atoms with van der Waals surface area (Å²) in [5.41, 5.74) is 8.08. The van der Waals surface area contributed by atoms with Crippen molar-refractivity contribution >= 4 is 6.16 Å². The molecule has 3 heteroatoms. The van der Waals surface area contributed by atoms with Crippen LogP contribution < -0.4 is 0 Å². The van der Waals surface area contributed by atoms with Gasteiger partial charge in [-0.3, -0.25) is 0 Å². The van der Waals surface area contributed by atoms with Crippen molar-refractivity contribution in [2.24, 2.45) is 0 Å². The van der Waals surface area contributed by atoms with E-state index in [0.29, 0.717) is 25.0 Å². The van der Waals surface area contributed by atoms with E-state index in [-0.39, 0.29) is 0 Å². The van der Waals surface area contributed by atoms with Crippen molar-refractivity contribution in [2.75, 3.05) is 13.2 Å². The van der Waals surface area contributed by atoms with E-state index >= 15 is 0 Å². The van der Waals surface area contributed by atoms with Crippen LogP contribution in [-0.2, 0) is 22.3 Å². The molecular formula is C33H42O3. The van der Waals surface area contributed by atoms with Crippen LogP contribution in [0.5, 0.6) is 0 Å². The number of ether oxygens (including phenoxy) is 2. The van der Waals surface area contributed by atoms with Crippen LogP contribution >= 0.6 is 0 Å². The first-order chi connectivity index (χ1) is 17.6. The molecule has 0 bridgehead atoms. The lowest BCUT2D eigenvalue weighted by Gasteiger charge is -2.23. The van der Waals surface area contributed by atoms with Gasteiger partial charge in [0.25, 0.3) is 0 Å². The molecule has 3 nitrogen and oxygen atoms in total. The van der Waals surface area contributed by atoms with Gasteiger partial charge in [0.05, 0.1) is 0 Å². The minimum Gasteiger partial charge on any atom is -0.430 e. The second-order valence-electron chi connectivity index (χ2n) is 10.5. The molecule has 0 spiro atoms. The van der Waals surface area contributed by atoms with Crippen molar-refractivity contribution in [2.45, 2.75) is 89.9 Å². The molecule has 2 aliphatic carbocycles. The zero-order valence-corrected chi connectivity index (χ0v) is 22.1. The third-order valence-corrected chi connectivity index (χ3v) is 7.74. The van der Waals surface area contributed by atoms with E-state index in [4.69, 9.17) is 9.47 Å². The molecule has 36 heavy (non-hydrogen) atoms. The maximum atomic E-state index is 12.2. The van der Waals surface area contributed by atoms with Crippen molar-refractivity contribution in [1.29, 1.82) is 0 Å². The lowest BCUT2D eigenvalue weighted by molar-refractivity contribution is 0.0665. The number of allylic oxidation sites excluding steroid dienone is 2. The predicted molar refractivity (Wildman–Crippen MR) is 148 cm³/mol. The largest absolute Gasteiger partial charge is 0.508 e. The Kier molecular flexibility index (Phi) is 9.84. The smallest absolute Gasteiger partial charge is 0.430 e. The summed E-state index contributed by atoms with van der Waals surface area (Å²) >= 11 is 0. The summed E-state index contributed by atoms with van der Waals surface area (Å²) in [6, 6.07) is 18.2. The quantitative estimate of drug-likeness (QED) is 0.248. The Balaban J connectivity index is 1.15. The number of carbonyl (C=O) groups is 1. The van der Waals surface area contributed by atoms with Crippen molar-refractivity contribution < 1.29 is 14.3 Å². The van der Waals surface area contributed by atoms with Crippen molar-refractivity contribution in [3.8, 4) is 0 Å². The summed E-state index contributed by atoms with van der Waals surface area (Å²) in [7, 11) is 0. The van der Waals surface area contributed by atoms with Crippen molar-refractivity contribution in [1.82, 2.24) is 0 Å². The monoisotopic (exact) mass is 486 g/mol. The van der Waals surface area contributed by atoms with Crippen LogP contribution in [0.3, 0.4) is 0 Å². The summed E-state index contributed by atoms with van der Waals surface area (Å²) in [5.74, 6) is 1.13. The van der Waals surface area contributed by atoms with Gasteiger partial charge < -0.3 is 9.47 Å². The first kappa shape index (κ1) is 26.3. The van der Waals surface area contributed by atoms with Crippen LogP contribution in [0.25, 0.3) is 0 Å². The second-order valence-corrected chi connectivity index (χ2v) is 10.5. The number of benzene rings is 2. The molecular weight excluding hydrogens is 444 g/mol. The molecule has 0 heterocycles.